The minimum absolute atomic E-state index is 0.0194. The Kier molecular flexibility index (Phi) is 4.95. The van der Waals surface area contributed by atoms with Crippen LogP contribution in [0.3, 0.4) is 0 Å². The topological polar surface area (TPSA) is 62.3 Å². The Morgan fingerprint density at radius 3 is 2.69 bits per heavy atom. The third-order valence-electron chi connectivity index (χ3n) is 4.72. The Bertz CT molecular complexity index is 1140. The summed E-state index contributed by atoms with van der Waals surface area (Å²) in [4.78, 5) is 30.9. The molecule has 0 bridgehead atoms. The number of benzene rings is 2. The second-order valence-electron chi connectivity index (χ2n) is 6.73. The van der Waals surface area contributed by atoms with Crippen molar-refractivity contribution in [2.75, 3.05) is 0 Å². The molecule has 3 aromatic rings. The van der Waals surface area contributed by atoms with Gasteiger partial charge in [-0.05, 0) is 36.8 Å². The van der Waals surface area contributed by atoms with Gasteiger partial charge in [0.1, 0.15) is 10.5 Å². The van der Waals surface area contributed by atoms with E-state index in [1.807, 2.05) is 24.3 Å². The lowest BCUT2D eigenvalue weighted by Crippen LogP contribution is -2.41. The highest BCUT2D eigenvalue weighted by Gasteiger charge is 2.49. The number of hydrogen-bond acceptors (Lipinski definition) is 4. The zero-order valence-electron chi connectivity index (χ0n) is 15.1. The first kappa shape index (κ1) is 19.7. The van der Waals surface area contributed by atoms with Crippen molar-refractivity contribution in [1.29, 1.82) is 0 Å². The molecule has 1 fully saturated rings. The van der Waals surface area contributed by atoms with E-state index in [0.29, 0.717) is 5.69 Å². The minimum atomic E-state index is -1.48. The molecule has 9 heteroatoms. The van der Waals surface area contributed by atoms with Crippen molar-refractivity contribution in [2.24, 2.45) is 0 Å². The van der Waals surface area contributed by atoms with Crippen molar-refractivity contribution in [1.82, 2.24) is 15.2 Å². The highest BCUT2D eigenvalue weighted by atomic mass is 79.9. The highest BCUT2D eigenvalue weighted by Crippen LogP contribution is 2.32. The summed E-state index contributed by atoms with van der Waals surface area (Å²) in [5.74, 6) is -2.65. The van der Waals surface area contributed by atoms with Crippen LogP contribution in [0.2, 0.25) is 0 Å². The van der Waals surface area contributed by atoms with Gasteiger partial charge in [-0.25, -0.2) is 18.6 Å². The third-order valence-corrected chi connectivity index (χ3v) is 6.15. The number of urea groups is 1. The second kappa shape index (κ2) is 7.31. The van der Waals surface area contributed by atoms with Gasteiger partial charge in [0.05, 0.1) is 12.2 Å². The summed E-state index contributed by atoms with van der Waals surface area (Å²) in [5, 5.41) is 5.12. The number of rotatable bonds is 4. The summed E-state index contributed by atoms with van der Waals surface area (Å²) in [6.45, 7) is 1.45. The van der Waals surface area contributed by atoms with Crippen molar-refractivity contribution < 1.29 is 18.4 Å². The number of carbonyl (C=O) groups is 2. The first-order chi connectivity index (χ1) is 13.8. The number of nitrogens with zero attached hydrogens (tertiary/aromatic N) is 2. The summed E-state index contributed by atoms with van der Waals surface area (Å²) < 4.78 is 27.8. The molecular weight excluding hydrogens is 464 g/mol. The number of halogens is 3. The maximum absolute atomic E-state index is 13.6. The predicted octanol–water partition coefficient (Wildman–Crippen LogP) is 4.82. The standard InChI is InChI=1S/C20H14BrF2N3O2S/c1-20(12-5-6-15(22)16(23)8-12)18(27)26(19(28)25-20)9-14-10-29-17(24-14)11-3-2-4-13(21)7-11/h2-8,10H,9H2,1H3,(H,25,28). The van der Waals surface area contributed by atoms with Crippen molar-refractivity contribution in [3.8, 4) is 10.6 Å². The van der Waals surface area contributed by atoms with Crippen molar-refractivity contribution in [2.45, 2.75) is 19.0 Å². The lowest BCUT2D eigenvalue weighted by atomic mass is 9.92. The van der Waals surface area contributed by atoms with Gasteiger partial charge in [-0.3, -0.25) is 9.69 Å². The summed E-state index contributed by atoms with van der Waals surface area (Å²) in [7, 11) is 0. The molecule has 148 valence electrons. The average Bonchev–Trinajstić information content (AvgIpc) is 3.23. The van der Waals surface area contributed by atoms with E-state index in [1.54, 1.807) is 5.38 Å². The molecule has 1 aromatic heterocycles. The van der Waals surface area contributed by atoms with Gasteiger partial charge in [0.15, 0.2) is 11.6 Å². The van der Waals surface area contributed by atoms with Crippen LogP contribution in [0.5, 0.6) is 0 Å². The SMILES string of the molecule is CC1(c2ccc(F)c(F)c2)NC(=O)N(Cc2csc(-c3cccc(Br)c3)n2)C1=O. The van der Waals surface area contributed by atoms with E-state index < -0.39 is 29.1 Å². The van der Waals surface area contributed by atoms with Crippen LogP contribution >= 0.6 is 27.3 Å². The highest BCUT2D eigenvalue weighted by molar-refractivity contribution is 9.10. The fourth-order valence-corrected chi connectivity index (χ4v) is 4.35. The molecule has 1 N–H and O–H groups in total. The van der Waals surface area contributed by atoms with Crippen molar-refractivity contribution in [3.05, 3.63) is 75.2 Å². The number of amides is 3. The molecule has 3 amide bonds. The summed E-state index contributed by atoms with van der Waals surface area (Å²) in [6.07, 6.45) is 0. The van der Waals surface area contributed by atoms with Gasteiger partial charge in [-0.1, -0.05) is 34.1 Å². The van der Waals surface area contributed by atoms with Crippen molar-refractivity contribution in [3.63, 3.8) is 0 Å². The Hall–Kier alpha value is -2.65. The fraction of sp³-hybridized carbons (Fsp3) is 0.150. The van der Waals surface area contributed by atoms with Gasteiger partial charge in [0.2, 0.25) is 0 Å². The van der Waals surface area contributed by atoms with Crippen LogP contribution < -0.4 is 5.32 Å². The van der Waals surface area contributed by atoms with Crippen LogP contribution in [-0.2, 0) is 16.9 Å². The molecule has 1 aliphatic heterocycles. The van der Waals surface area contributed by atoms with Crippen LogP contribution in [0.15, 0.2) is 52.3 Å². The number of nitrogens with one attached hydrogen (secondary N) is 1. The van der Waals surface area contributed by atoms with Gasteiger partial charge in [0.25, 0.3) is 5.91 Å². The van der Waals surface area contributed by atoms with E-state index in [4.69, 9.17) is 0 Å². The number of hydrogen-bond donors (Lipinski definition) is 1. The zero-order valence-corrected chi connectivity index (χ0v) is 17.5. The number of imide groups is 1. The smallest absolute Gasteiger partial charge is 0.319 e. The molecular formula is C20H14BrF2N3O2S. The van der Waals surface area contributed by atoms with Crippen LogP contribution in [-0.4, -0.2) is 21.8 Å². The summed E-state index contributed by atoms with van der Waals surface area (Å²) in [6, 6.07) is 10.2. The van der Waals surface area contributed by atoms with Crippen molar-refractivity contribution >= 4 is 39.2 Å². The van der Waals surface area contributed by atoms with Crippen LogP contribution in [0.4, 0.5) is 13.6 Å². The molecule has 1 unspecified atom stereocenters. The fourth-order valence-electron chi connectivity index (χ4n) is 3.14. The molecule has 4 rings (SSSR count). The zero-order chi connectivity index (χ0) is 20.8. The average molecular weight is 478 g/mol. The Labute approximate surface area is 177 Å². The molecule has 0 saturated carbocycles. The Balaban J connectivity index is 1.58. The molecule has 1 aliphatic rings. The maximum Gasteiger partial charge on any atom is 0.325 e. The number of aromatic nitrogens is 1. The van der Waals surface area contributed by atoms with E-state index in [-0.39, 0.29) is 12.1 Å². The molecule has 2 aromatic carbocycles. The minimum Gasteiger partial charge on any atom is -0.319 e. The van der Waals surface area contributed by atoms with Crippen LogP contribution in [0, 0.1) is 11.6 Å². The largest absolute Gasteiger partial charge is 0.325 e. The molecule has 2 heterocycles. The first-order valence-electron chi connectivity index (χ1n) is 8.58. The van der Waals surface area contributed by atoms with Crippen LogP contribution in [0.1, 0.15) is 18.2 Å². The van der Waals surface area contributed by atoms with E-state index >= 15 is 0 Å². The number of carbonyl (C=O) groups excluding carboxylic acids is 2. The van der Waals surface area contributed by atoms with Gasteiger partial charge >= 0.3 is 6.03 Å². The van der Waals surface area contributed by atoms with E-state index in [9.17, 15) is 18.4 Å². The monoisotopic (exact) mass is 477 g/mol. The molecule has 29 heavy (non-hydrogen) atoms. The Morgan fingerprint density at radius 2 is 1.97 bits per heavy atom. The van der Waals surface area contributed by atoms with Crippen LogP contribution in [0.25, 0.3) is 10.6 Å². The summed E-state index contributed by atoms with van der Waals surface area (Å²) in [5.41, 5.74) is 0.169. The van der Waals surface area contributed by atoms with E-state index in [1.165, 1.54) is 24.3 Å². The van der Waals surface area contributed by atoms with Gasteiger partial charge in [-0.2, -0.15) is 0 Å². The van der Waals surface area contributed by atoms with Gasteiger partial charge in [0, 0.05) is 15.4 Å². The predicted molar refractivity (Wildman–Crippen MR) is 108 cm³/mol. The lowest BCUT2D eigenvalue weighted by Gasteiger charge is -2.22. The molecule has 0 spiro atoms. The molecule has 1 saturated heterocycles. The third kappa shape index (κ3) is 3.56. The normalized spacial score (nSPS) is 19.0. The molecule has 0 radical (unpaired) electrons. The maximum atomic E-state index is 13.6. The Morgan fingerprint density at radius 1 is 1.17 bits per heavy atom. The van der Waals surface area contributed by atoms with Gasteiger partial charge < -0.3 is 5.32 Å². The molecule has 0 aliphatic carbocycles. The van der Waals surface area contributed by atoms with E-state index in [2.05, 4.69) is 26.2 Å². The summed E-state index contributed by atoms with van der Waals surface area (Å²) >= 11 is 4.82. The lowest BCUT2D eigenvalue weighted by molar-refractivity contribution is -0.131. The van der Waals surface area contributed by atoms with Gasteiger partial charge in [-0.15, -0.1) is 11.3 Å². The second-order valence-corrected chi connectivity index (χ2v) is 8.50. The quantitative estimate of drug-likeness (QED) is 0.548. The first-order valence-corrected chi connectivity index (χ1v) is 10.2. The molecule has 5 nitrogen and oxygen atoms in total. The van der Waals surface area contributed by atoms with E-state index in [0.717, 1.165) is 32.1 Å². The number of thiazole rings is 1. The molecule has 1 atom stereocenters.